The lowest BCUT2D eigenvalue weighted by atomic mass is 9.99. The summed E-state index contributed by atoms with van der Waals surface area (Å²) in [6, 6.07) is 8.72. The number of fused-ring (bicyclic) bond motifs is 1. The third-order valence-corrected chi connectivity index (χ3v) is 6.54. The summed E-state index contributed by atoms with van der Waals surface area (Å²) in [4.78, 5) is 27.2. The fourth-order valence-electron chi connectivity index (χ4n) is 4.52. The summed E-state index contributed by atoms with van der Waals surface area (Å²) < 4.78 is 54.6. The molecule has 194 valence electrons. The molecule has 37 heavy (non-hydrogen) atoms. The SMILES string of the molecule is CCC1CN(C(=O)c2cc(Cc3n[nH]c(=O)c4ccccc34)ccc2F)C(C)C(=N)N1C(=N)C(F)(F)F. The average Bonchev–Trinajstić information content (AvgIpc) is 2.87. The van der Waals surface area contributed by atoms with Crippen molar-refractivity contribution in [2.24, 2.45) is 0 Å². The van der Waals surface area contributed by atoms with Crippen molar-refractivity contribution in [3.63, 3.8) is 0 Å². The van der Waals surface area contributed by atoms with Crippen LogP contribution in [0, 0.1) is 16.6 Å². The largest absolute Gasteiger partial charge is 0.449 e. The molecule has 1 aliphatic heterocycles. The number of carbonyl (C=O) groups is 1. The highest BCUT2D eigenvalue weighted by Gasteiger charge is 2.47. The van der Waals surface area contributed by atoms with Crippen molar-refractivity contribution in [2.45, 2.75) is 44.9 Å². The molecule has 0 aliphatic carbocycles. The molecule has 0 spiro atoms. The minimum absolute atomic E-state index is 0.130. The number of amides is 1. The van der Waals surface area contributed by atoms with E-state index in [0.717, 1.165) is 11.0 Å². The number of benzene rings is 2. The van der Waals surface area contributed by atoms with Gasteiger partial charge in [0.05, 0.1) is 28.7 Å². The van der Waals surface area contributed by atoms with Gasteiger partial charge < -0.3 is 9.80 Å². The molecule has 2 unspecified atom stereocenters. The summed E-state index contributed by atoms with van der Waals surface area (Å²) in [5.41, 5.74) is 0.399. The number of carbonyl (C=O) groups excluding carboxylic acids is 1. The Hall–Kier alpha value is -4.09. The second-order valence-corrected chi connectivity index (χ2v) is 8.83. The molecule has 3 aromatic rings. The Bertz CT molecular complexity index is 1450. The number of H-pyrrole nitrogens is 1. The summed E-state index contributed by atoms with van der Waals surface area (Å²) in [6.07, 6.45) is -4.64. The summed E-state index contributed by atoms with van der Waals surface area (Å²) in [5.74, 6) is -3.82. The predicted molar refractivity (Wildman–Crippen MR) is 129 cm³/mol. The number of aromatic amines is 1. The normalized spacial score (nSPS) is 18.4. The Morgan fingerprint density at radius 3 is 2.51 bits per heavy atom. The van der Waals surface area contributed by atoms with Crippen LogP contribution < -0.4 is 5.56 Å². The van der Waals surface area contributed by atoms with E-state index in [-0.39, 0.29) is 30.5 Å². The van der Waals surface area contributed by atoms with Crippen molar-refractivity contribution in [3.8, 4) is 0 Å². The van der Waals surface area contributed by atoms with Gasteiger partial charge in [-0.2, -0.15) is 18.3 Å². The number of aromatic nitrogens is 2. The Morgan fingerprint density at radius 2 is 1.86 bits per heavy atom. The molecular weight excluding hydrogens is 492 g/mol. The monoisotopic (exact) mass is 516 g/mol. The molecule has 8 nitrogen and oxygen atoms in total. The van der Waals surface area contributed by atoms with Crippen LogP contribution in [0.5, 0.6) is 0 Å². The van der Waals surface area contributed by atoms with Gasteiger partial charge in [0.2, 0.25) is 5.84 Å². The number of hydrogen-bond donors (Lipinski definition) is 3. The molecule has 1 aliphatic rings. The van der Waals surface area contributed by atoms with E-state index in [1.54, 1.807) is 31.2 Å². The summed E-state index contributed by atoms with van der Waals surface area (Å²) in [5, 5.41) is 23.4. The van der Waals surface area contributed by atoms with Crippen molar-refractivity contribution in [1.29, 1.82) is 10.8 Å². The molecule has 4 rings (SSSR count). The molecular formula is C25H24F4N6O2. The van der Waals surface area contributed by atoms with E-state index in [2.05, 4.69) is 10.2 Å². The number of halogens is 4. The van der Waals surface area contributed by atoms with E-state index >= 15 is 0 Å². The van der Waals surface area contributed by atoms with Gasteiger partial charge in [-0.25, -0.2) is 9.49 Å². The third-order valence-electron chi connectivity index (χ3n) is 6.54. The maximum Gasteiger partial charge on any atom is 0.449 e. The van der Waals surface area contributed by atoms with Gasteiger partial charge in [0.25, 0.3) is 11.5 Å². The average molecular weight is 516 g/mol. The first kappa shape index (κ1) is 26.0. The van der Waals surface area contributed by atoms with E-state index in [9.17, 15) is 27.2 Å². The van der Waals surface area contributed by atoms with E-state index in [0.29, 0.717) is 26.9 Å². The Kier molecular flexibility index (Phi) is 6.85. The molecule has 1 saturated heterocycles. The van der Waals surface area contributed by atoms with Crippen LogP contribution in [0.2, 0.25) is 0 Å². The number of rotatable bonds is 4. The van der Waals surface area contributed by atoms with Crippen molar-refractivity contribution in [2.75, 3.05) is 6.54 Å². The second-order valence-electron chi connectivity index (χ2n) is 8.83. The van der Waals surface area contributed by atoms with Crippen LogP contribution in [0.1, 0.15) is 41.9 Å². The van der Waals surface area contributed by atoms with E-state index < -0.39 is 41.7 Å². The lowest BCUT2D eigenvalue weighted by Crippen LogP contribution is -2.65. The van der Waals surface area contributed by atoms with Gasteiger partial charge in [-0.1, -0.05) is 31.2 Å². The zero-order chi connectivity index (χ0) is 27.1. The number of amidine groups is 2. The Balaban J connectivity index is 1.64. The number of piperazine rings is 1. The smallest absolute Gasteiger partial charge is 0.327 e. The number of hydrogen-bond acceptors (Lipinski definition) is 5. The standard InChI is InChI=1S/C25H24F4N6O2/c1-3-15-12-34(13(2)21(30)35(15)24(31)25(27,28)29)23(37)18-10-14(8-9-19(18)26)11-20-16-6-4-5-7-17(16)22(36)33-32-20/h4-10,13,15,30-31H,3,11-12H2,1-2H3,(H,33,36). The number of nitrogens with zero attached hydrogens (tertiary/aromatic N) is 3. The van der Waals surface area contributed by atoms with E-state index in [4.69, 9.17) is 10.8 Å². The molecule has 1 fully saturated rings. The summed E-state index contributed by atoms with van der Waals surface area (Å²) in [7, 11) is 0. The highest BCUT2D eigenvalue weighted by atomic mass is 19.4. The van der Waals surface area contributed by atoms with Crippen LogP contribution >= 0.6 is 0 Å². The first-order valence-electron chi connectivity index (χ1n) is 11.5. The molecule has 2 atom stereocenters. The summed E-state index contributed by atoms with van der Waals surface area (Å²) in [6.45, 7) is 2.75. The maximum absolute atomic E-state index is 14.8. The lowest BCUT2D eigenvalue weighted by Gasteiger charge is -2.46. The molecule has 12 heteroatoms. The highest BCUT2D eigenvalue weighted by Crippen LogP contribution is 2.28. The molecule has 2 aromatic carbocycles. The molecule has 1 aromatic heterocycles. The van der Waals surface area contributed by atoms with Crippen LogP contribution in [-0.4, -0.2) is 62.4 Å². The van der Waals surface area contributed by atoms with Gasteiger partial charge in [-0.15, -0.1) is 0 Å². The number of nitrogens with one attached hydrogen (secondary N) is 3. The zero-order valence-electron chi connectivity index (χ0n) is 20.0. The first-order valence-corrected chi connectivity index (χ1v) is 11.5. The van der Waals surface area contributed by atoms with E-state index in [1.807, 2.05) is 0 Å². The maximum atomic E-state index is 14.8. The molecule has 3 N–H and O–H groups in total. The number of alkyl halides is 3. The van der Waals surface area contributed by atoms with Gasteiger partial charge in [0.15, 0.2) is 0 Å². The third kappa shape index (κ3) is 4.83. The topological polar surface area (TPSA) is 117 Å². The summed E-state index contributed by atoms with van der Waals surface area (Å²) >= 11 is 0. The first-order chi connectivity index (χ1) is 17.4. The highest BCUT2D eigenvalue weighted by molar-refractivity contribution is 6.06. The molecule has 2 heterocycles. The van der Waals surface area contributed by atoms with Crippen LogP contribution in [-0.2, 0) is 6.42 Å². The molecule has 0 bridgehead atoms. The minimum atomic E-state index is -4.95. The van der Waals surface area contributed by atoms with Gasteiger partial charge in [-0.05, 0) is 37.1 Å². The minimum Gasteiger partial charge on any atom is -0.327 e. The second kappa shape index (κ2) is 9.75. The van der Waals surface area contributed by atoms with Crippen molar-refractivity contribution < 1.29 is 22.4 Å². The zero-order valence-corrected chi connectivity index (χ0v) is 20.0. The lowest BCUT2D eigenvalue weighted by molar-refractivity contribution is -0.0696. The van der Waals surface area contributed by atoms with Crippen LogP contribution in [0.4, 0.5) is 17.6 Å². The quantitative estimate of drug-likeness (QED) is 0.275. The van der Waals surface area contributed by atoms with Crippen molar-refractivity contribution in [1.82, 2.24) is 20.0 Å². The van der Waals surface area contributed by atoms with Gasteiger partial charge >= 0.3 is 6.18 Å². The molecule has 0 radical (unpaired) electrons. The van der Waals surface area contributed by atoms with Gasteiger partial charge in [-0.3, -0.25) is 20.4 Å². The van der Waals surface area contributed by atoms with Crippen molar-refractivity contribution >= 4 is 28.4 Å². The predicted octanol–water partition coefficient (Wildman–Crippen LogP) is 4.09. The molecule has 0 saturated carbocycles. The van der Waals surface area contributed by atoms with Gasteiger partial charge in [0.1, 0.15) is 11.7 Å². The van der Waals surface area contributed by atoms with E-state index in [1.165, 1.54) is 19.1 Å². The molecule has 1 amide bonds. The van der Waals surface area contributed by atoms with Crippen LogP contribution in [0.3, 0.4) is 0 Å². The van der Waals surface area contributed by atoms with Crippen LogP contribution in [0.15, 0.2) is 47.3 Å². The van der Waals surface area contributed by atoms with Crippen LogP contribution in [0.25, 0.3) is 10.8 Å². The fraction of sp³-hybridized carbons (Fsp3) is 0.320. The Morgan fingerprint density at radius 1 is 1.19 bits per heavy atom. The van der Waals surface area contributed by atoms with Gasteiger partial charge in [0, 0.05) is 18.4 Å². The fourth-order valence-corrected chi connectivity index (χ4v) is 4.52. The van der Waals surface area contributed by atoms with Crippen molar-refractivity contribution in [3.05, 3.63) is 75.5 Å². The Labute approximate surface area is 208 Å².